The molecule has 0 bridgehead atoms. The first kappa shape index (κ1) is 14.4. The van der Waals surface area contributed by atoms with E-state index in [1.807, 2.05) is 42.5 Å². The van der Waals surface area contributed by atoms with E-state index in [1.54, 1.807) is 12.1 Å². The molecule has 0 fully saturated rings. The Labute approximate surface area is 124 Å². The van der Waals surface area contributed by atoms with Crippen LogP contribution in [-0.4, -0.2) is 5.91 Å². The van der Waals surface area contributed by atoms with Crippen LogP contribution in [0.4, 0.5) is 5.69 Å². The third-order valence-electron chi connectivity index (χ3n) is 2.88. The minimum Gasteiger partial charge on any atom is -0.323 e. The van der Waals surface area contributed by atoms with Gasteiger partial charge in [0.25, 0.3) is 0 Å². The van der Waals surface area contributed by atoms with Gasteiger partial charge in [-0.05, 0) is 47.9 Å². The molecule has 0 saturated carbocycles. The maximum atomic E-state index is 11.8. The van der Waals surface area contributed by atoms with Gasteiger partial charge in [-0.2, -0.15) is 0 Å². The molecule has 0 aromatic heterocycles. The summed E-state index contributed by atoms with van der Waals surface area (Å²) < 4.78 is 0. The lowest BCUT2D eigenvalue weighted by Gasteiger charge is -2.04. The molecule has 0 spiro atoms. The fourth-order valence-electron chi connectivity index (χ4n) is 1.84. The van der Waals surface area contributed by atoms with Crippen LogP contribution in [0.3, 0.4) is 0 Å². The first-order valence-electron chi connectivity index (χ1n) is 6.51. The van der Waals surface area contributed by atoms with Crippen LogP contribution in [0.1, 0.15) is 18.1 Å². The molecule has 2 nitrogen and oxygen atoms in total. The van der Waals surface area contributed by atoms with Crippen LogP contribution in [0.2, 0.25) is 5.02 Å². The number of carbonyl (C=O) groups excluding carboxylic acids is 1. The van der Waals surface area contributed by atoms with Gasteiger partial charge in [-0.1, -0.05) is 42.8 Å². The molecule has 0 saturated heterocycles. The van der Waals surface area contributed by atoms with Gasteiger partial charge in [-0.25, -0.2) is 0 Å². The molecule has 0 atom stereocenters. The molecular weight excluding hydrogens is 270 g/mol. The Hall–Kier alpha value is -2.06. The van der Waals surface area contributed by atoms with Gasteiger partial charge in [-0.3, -0.25) is 4.79 Å². The van der Waals surface area contributed by atoms with Crippen molar-refractivity contribution in [1.82, 2.24) is 0 Å². The van der Waals surface area contributed by atoms with Crippen LogP contribution in [0, 0.1) is 0 Å². The van der Waals surface area contributed by atoms with E-state index >= 15 is 0 Å². The number of nitrogens with one attached hydrogen (secondary N) is 1. The second-order valence-electron chi connectivity index (χ2n) is 4.43. The average molecular weight is 286 g/mol. The van der Waals surface area contributed by atoms with Crippen molar-refractivity contribution in [2.24, 2.45) is 0 Å². The second kappa shape index (κ2) is 6.92. The molecule has 0 aliphatic heterocycles. The molecule has 102 valence electrons. The van der Waals surface area contributed by atoms with E-state index in [9.17, 15) is 4.79 Å². The molecule has 1 amide bonds. The number of anilines is 1. The van der Waals surface area contributed by atoms with Gasteiger partial charge in [0.2, 0.25) is 5.91 Å². The standard InChI is InChI=1S/C17H16ClNO/c1-2-13-5-4-8-16(12-13)19-17(20)10-9-14-6-3-7-15(18)11-14/h3-12H,2H2,1H3,(H,19,20). The number of aryl methyl sites for hydroxylation is 1. The van der Waals surface area contributed by atoms with Crippen LogP contribution in [-0.2, 0) is 11.2 Å². The fraction of sp³-hybridized carbons (Fsp3) is 0.118. The lowest BCUT2D eigenvalue weighted by atomic mass is 10.1. The van der Waals surface area contributed by atoms with Gasteiger partial charge < -0.3 is 5.32 Å². The van der Waals surface area contributed by atoms with Gasteiger partial charge in [0.1, 0.15) is 0 Å². The molecule has 3 heteroatoms. The molecule has 0 aliphatic rings. The average Bonchev–Trinajstić information content (AvgIpc) is 2.45. The summed E-state index contributed by atoms with van der Waals surface area (Å²) in [5, 5.41) is 3.50. The van der Waals surface area contributed by atoms with Crippen molar-refractivity contribution in [3.63, 3.8) is 0 Å². The summed E-state index contributed by atoms with van der Waals surface area (Å²) in [7, 11) is 0. The lowest BCUT2D eigenvalue weighted by molar-refractivity contribution is -0.111. The van der Waals surface area contributed by atoms with E-state index in [4.69, 9.17) is 11.6 Å². The number of carbonyl (C=O) groups is 1. The SMILES string of the molecule is CCc1cccc(NC(=O)C=Cc2cccc(Cl)c2)c1. The Morgan fingerprint density at radius 1 is 1.20 bits per heavy atom. The van der Waals surface area contributed by atoms with E-state index in [0.29, 0.717) is 5.02 Å². The number of hydrogen-bond donors (Lipinski definition) is 1. The van der Waals surface area contributed by atoms with E-state index < -0.39 is 0 Å². The number of rotatable bonds is 4. The zero-order chi connectivity index (χ0) is 14.4. The molecule has 2 aromatic rings. The van der Waals surface area contributed by atoms with E-state index in [2.05, 4.69) is 12.2 Å². The highest BCUT2D eigenvalue weighted by molar-refractivity contribution is 6.30. The third kappa shape index (κ3) is 4.25. The van der Waals surface area contributed by atoms with Crippen LogP contribution in [0.25, 0.3) is 6.08 Å². The molecular formula is C17H16ClNO. The Bertz CT molecular complexity index is 634. The zero-order valence-corrected chi connectivity index (χ0v) is 12.0. The lowest BCUT2D eigenvalue weighted by Crippen LogP contribution is -2.07. The molecule has 1 N–H and O–H groups in total. The maximum Gasteiger partial charge on any atom is 0.248 e. The third-order valence-corrected chi connectivity index (χ3v) is 3.11. The molecule has 20 heavy (non-hydrogen) atoms. The van der Waals surface area contributed by atoms with Gasteiger partial charge in [0.05, 0.1) is 0 Å². The van der Waals surface area contributed by atoms with Crippen LogP contribution in [0.15, 0.2) is 54.6 Å². The quantitative estimate of drug-likeness (QED) is 0.820. The van der Waals surface area contributed by atoms with Crippen molar-refractivity contribution < 1.29 is 4.79 Å². The molecule has 0 radical (unpaired) electrons. The summed E-state index contributed by atoms with van der Waals surface area (Å²) in [4.78, 5) is 11.8. The largest absolute Gasteiger partial charge is 0.323 e. The monoisotopic (exact) mass is 285 g/mol. The summed E-state index contributed by atoms with van der Waals surface area (Å²) in [5.41, 5.74) is 2.90. The highest BCUT2D eigenvalue weighted by atomic mass is 35.5. The minimum absolute atomic E-state index is 0.154. The van der Waals surface area contributed by atoms with Gasteiger partial charge in [-0.15, -0.1) is 0 Å². The zero-order valence-electron chi connectivity index (χ0n) is 11.3. The minimum atomic E-state index is -0.154. The molecule has 2 aromatic carbocycles. The predicted octanol–water partition coefficient (Wildman–Crippen LogP) is 4.55. The first-order valence-corrected chi connectivity index (χ1v) is 6.89. The van der Waals surface area contributed by atoms with Crippen molar-refractivity contribution in [1.29, 1.82) is 0 Å². The fourth-order valence-corrected chi connectivity index (χ4v) is 2.03. The maximum absolute atomic E-state index is 11.8. The Morgan fingerprint density at radius 3 is 2.75 bits per heavy atom. The van der Waals surface area contributed by atoms with Gasteiger partial charge in [0, 0.05) is 16.8 Å². The number of amides is 1. The van der Waals surface area contributed by atoms with Crippen molar-refractivity contribution in [2.75, 3.05) is 5.32 Å². The molecule has 0 unspecified atom stereocenters. The Morgan fingerprint density at radius 2 is 2.00 bits per heavy atom. The van der Waals surface area contributed by atoms with Crippen molar-refractivity contribution in [3.8, 4) is 0 Å². The predicted molar refractivity (Wildman–Crippen MR) is 84.9 cm³/mol. The van der Waals surface area contributed by atoms with E-state index in [-0.39, 0.29) is 5.91 Å². The topological polar surface area (TPSA) is 29.1 Å². The summed E-state index contributed by atoms with van der Waals surface area (Å²) in [6.45, 7) is 2.08. The number of hydrogen-bond acceptors (Lipinski definition) is 1. The van der Waals surface area contributed by atoms with Gasteiger partial charge in [0.15, 0.2) is 0 Å². The Balaban J connectivity index is 2.01. The van der Waals surface area contributed by atoms with Crippen LogP contribution in [0.5, 0.6) is 0 Å². The normalized spacial score (nSPS) is 10.7. The number of benzene rings is 2. The van der Waals surface area contributed by atoms with Crippen molar-refractivity contribution in [3.05, 3.63) is 70.8 Å². The van der Waals surface area contributed by atoms with Crippen molar-refractivity contribution >= 4 is 29.3 Å². The van der Waals surface area contributed by atoms with Crippen molar-refractivity contribution in [2.45, 2.75) is 13.3 Å². The van der Waals surface area contributed by atoms with Crippen LogP contribution >= 0.6 is 11.6 Å². The summed E-state index contributed by atoms with van der Waals surface area (Å²) in [6.07, 6.45) is 4.19. The highest BCUT2D eigenvalue weighted by Crippen LogP contribution is 2.13. The second-order valence-corrected chi connectivity index (χ2v) is 4.87. The van der Waals surface area contributed by atoms with Crippen LogP contribution < -0.4 is 5.32 Å². The summed E-state index contributed by atoms with van der Waals surface area (Å²) in [5.74, 6) is -0.154. The van der Waals surface area contributed by atoms with Gasteiger partial charge >= 0.3 is 0 Å². The first-order chi connectivity index (χ1) is 9.67. The highest BCUT2D eigenvalue weighted by Gasteiger charge is 1.99. The molecule has 0 heterocycles. The van der Waals surface area contributed by atoms with E-state index in [0.717, 1.165) is 17.7 Å². The van der Waals surface area contributed by atoms with E-state index in [1.165, 1.54) is 11.6 Å². The smallest absolute Gasteiger partial charge is 0.248 e. The number of halogens is 1. The summed E-state index contributed by atoms with van der Waals surface area (Å²) in [6, 6.07) is 15.2. The Kier molecular flexibility index (Phi) is 4.97. The summed E-state index contributed by atoms with van der Waals surface area (Å²) >= 11 is 5.89. The molecule has 0 aliphatic carbocycles. The molecule has 2 rings (SSSR count).